The Bertz CT molecular complexity index is 485. The zero-order chi connectivity index (χ0) is 13.1. The van der Waals surface area contributed by atoms with Crippen molar-refractivity contribution in [3.8, 4) is 5.75 Å². The summed E-state index contributed by atoms with van der Waals surface area (Å²) in [6, 6.07) is 5.38. The molecule has 6 heteroatoms. The number of rotatable bonds is 5. The maximum Gasteiger partial charge on any atom is 0.150 e. The van der Waals surface area contributed by atoms with E-state index in [0.29, 0.717) is 5.75 Å². The zero-order valence-corrected chi connectivity index (χ0v) is 12.2. The molecule has 1 aromatic rings. The Balaban J connectivity index is 2.79. The highest BCUT2D eigenvalue weighted by atomic mass is 79.9. The lowest BCUT2D eigenvalue weighted by molar-refractivity contribution is 0.335. The molecule has 0 unspecified atom stereocenters. The fraction of sp³-hybridized carbons (Fsp3) is 0.455. The molecule has 0 heterocycles. The molecule has 1 aromatic carbocycles. The zero-order valence-electron chi connectivity index (χ0n) is 9.81. The molecule has 17 heavy (non-hydrogen) atoms. The van der Waals surface area contributed by atoms with Gasteiger partial charge in [-0.05, 0) is 19.1 Å². The summed E-state index contributed by atoms with van der Waals surface area (Å²) in [4.78, 5) is 0. The van der Waals surface area contributed by atoms with E-state index in [1.807, 2.05) is 19.1 Å². The first-order chi connectivity index (χ1) is 7.79. The van der Waals surface area contributed by atoms with Crippen LogP contribution in [0.4, 0.5) is 0 Å². The maximum atomic E-state index is 11.0. The van der Waals surface area contributed by atoms with Crippen LogP contribution in [0.2, 0.25) is 0 Å². The summed E-state index contributed by atoms with van der Waals surface area (Å²) in [5.41, 5.74) is 6.67. The van der Waals surface area contributed by atoms with E-state index in [0.717, 1.165) is 10.0 Å². The first kappa shape index (κ1) is 14.5. The van der Waals surface area contributed by atoms with Gasteiger partial charge in [-0.15, -0.1) is 0 Å². The monoisotopic (exact) mass is 321 g/mol. The van der Waals surface area contributed by atoms with Gasteiger partial charge in [0.2, 0.25) is 0 Å². The largest absolute Gasteiger partial charge is 0.492 e. The molecule has 0 bridgehead atoms. The summed E-state index contributed by atoms with van der Waals surface area (Å²) >= 11 is 3.34. The van der Waals surface area contributed by atoms with Gasteiger partial charge in [0.15, 0.2) is 9.84 Å². The summed E-state index contributed by atoms with van der Waals surface area (Å²) in [6.45, 7) is 1.99. The van der Waals surface area contributed by atoms with Gasteiger partial charge in [-0.3, -0.25) is 0 Å². The van der Waals surface area contributed by atoms with Crippen LogP contribution in [0.3, 0.4) is 0 Å². The van der Waals surface area contributed by atoms with Crippen molar-refractivity contribution in [2.45, 2.75) is 13.0 Å². The lowest BCUT2D eigenvalue weighted by atomic mass is 10.1. The molecule has 0 saturated carbocycles. The Hall–Kier alpha value is -0.590. The second-order valence-corrected chi connectivity index (χ2v) is 7.12. The van der Waals surface area contributed by atoms with Gasteiger partial charge in [0.25, 0.3) is 0 Å². The van der Waals surface area contributed by atoms with Crippen LogP contribution in [0.1, 0.15) is 18.5 Å². The van der Waals surface area contributed by atoms with E-state index in [4.69, 9.17) is 10.5 Å². The minimum atomic E-state index is -3.01. The van der Waals surface area contributed by atoms with E-state index >= 15 is 0 Å². The van der Waals surface area contributed by atoms with E-state index < -0.39 is 9.84 Å². The van der Waals surface area contributed by atoms with Crippen molar-refractivity contribution in [2.24, 2.45) is 5.73 Å². The second-order valence-electron chi connectivity index (χ2n) is 3.95. The Kier molecular flexibility index (Phi) is 4.97. The van der Waals surface area contributed by atoms with Crippen molar-refractivity contribution in [3.63, 3.8) is 0 Å². The topological polar surface area (TPSA) is 69.4 Å². The van der Waals surface area contributed by atoms with Gasteiger partial charge in [0.1, 0.15) is 12.4 Å². The van der Waals surface area contributed by atoms with Crippen molar-refractivity contribution in [1.82, 2.24) is 0 Å². The van der Waals surface area contributed by atoms with Crippen molar-refractivity contribution >= 4 is 25.8 Å². The summed E-state index contributed by atoms with van der Waals surface area (Å²) in [7, 11) is -3.01. The van der Waals surface area contributed by atoms with Crippen molar-refractivity contribution in [1.29, 1.82) is 0 Å². The number of nitrogens with two attached hydrogens (primary N) is 1. The predicted octanol–water partition coefficient (Wildman–Crippen LogP) is 1.89. The first-order valence-electron chi connectivity index (χ1n) is 5.15. The molecule has 0 aliphatic heterocycles. The molecule has 96 valence electrons. The number of benzene rings is 1. The van der Waals surface area contributed by atoms with Crippen molar-refractivity contribution in [3.05, 3.63) is 28.2 Å². The summed E-state index contributed by atoms with van der Waals surface area (Å²) < 4.78 is 28.3. The molecular formula is C11H16BrNO3S. The van der Waals surface area contributed by atoms with Crippen molar-refractivity contribution < 1.29 is 13.2 Å². The summed E-state index contributed by atoms with van der Waals surface area (Å²) in [5.74, 6) is 0.621. The van der Waals surface area contributed by atoms with Crippen molar-refractivity contribution in [2.75, 3.05) is 18.6 Å². The maximum absolute atomic E-state index is 11.0. The van der Waals surface area contributed by atoms with Gasteiger partial charge in [0.05, 0.1) is 5.75 Å². The lowest BCUT2D eigenvalue weighted by Gasteiger charge is -2.14. The molecule has 0 fully saturated rings. The van der Waals surface area contributed by atoms with Gasteiger partial charge in [-0.1, -0.05) is 22.0 Å². The van der Waals surface area contributed by atoms with Gasteiger partial charge >= 0.3 is 0 Å². The average Bonchev–Trinajstić information content (AvgIpc) is 2.15. The Morgan fingerprint density at radius 1 is 1.47 bits per heavy atom. The third-order valence-corrected chi connectivity index (χ3v) is 3.58. The van der Waals surface area contributed by atoms with Crippen LogP contribution in [0.15, 0.2) is 22.7 Å². The van der Waals surface area contributed by atoms with E-state index in [1.165, 1.54) is 6.26 Å². The molecule has 1 atom stereocenters. The van der Waals surface area contributed by atoms with Gasteiger partial charge < -0.3 is 10.5 Å². The van der Waals surface area contributed by atoms with E-state index in [9.17, 15) is 8.42 Å². The summed E-state index contributed by atoms with van der Waals surface area (Å²) in [6.07, 6.45) is 1.18. The van der Waals surface area contributed by atoms with Gasteiger partial charge in [-0.2, -0.15) is 0 Å². The third-order valence-electron chi connectivity index (χ3n) is 2.18. The fourth-order valence-corrected chi connectivity index (χ4v) is 2.04. The van der Waals surface area contributed by atoms with E-state index in [2.05, 4.69) is 15.9 Å². The molecule has 0 radical (unpaired) electrons. The number of hydrogen-bond acceptors (Lipinski definition) is 4. The molecule has 1 rings (SSSR count). The molecule has 4 nitrogen and oxygen atoms in total. The number of hydrogen-bond donors (Lipinski definition) is 1. The number of ether oxygens (including phenoxy) is 1. The molecule has 2 N–H and O–H groups in total. The summed E-state index contributed by atoms with van der Waals surface area (Å²) in [5, 5.41) is 0. The Morgan fingerprint density at radius 3 is 2.65 bits per heavy atom. The molecule has 0 saturated heterocycles. The lowest BCUT2D eigenvalue weighted by Crippen LogP contribution is -2.14. The smallest absolute Gasteiger partial charge is 0.150 e. The van der Waals surface area contributed by atoms with Crippen LogP contribution in [-0.4, -0.2) is 27.0 Å². The van der Waals surface area contributed by atoms with Crippen LogP contribution >= 0.6 is 15.9 Å². The Labute approximate surface area is 110 Å². The highest BCUT2D eigenvalue weighted by Gasteiger charge is 2.10. The van der Waals surface area contributed by atoms with Crippen LogP contribution in [0.25, 0.3) is 0 Å². The Morgan fingerprint density at radius 2 is 2.12 bits per heavy atom. The van der Waals surface area contributed by atoms with Gasteiger partial charge in [0, 0.05) is 22.3 Å². The molecule has 0 spiro atoms. The van der Waals surface area contributed by atoms with Crippen LogP contribution in [0, 0.1) is 0 Å². The number of sulfone groups is 1. The predicted molar refractivity (Wildman–Crippen MR) is 72.0 cm³/mol. The molecule has 0 amide bonds. The third kappa shape index (κ3) is 5.06. The average molecular weight is 322 g/mol. The quantitative estimate of drug-likeness (QED) is 0.899. The molecule has 0 aliphatic rings. The van der Waals surface area contributed by atoms with Crippen LogP contribution < -0.4 is 10.5 Å². The standard InChI is InChI=1S/C11H16BrNO3S/c1-8(13)10-4-3-9(12)7-11(10)16-5-6-17(2,14)15/h3-4,7-8H,5-6,13H2,1-2H3/t8-/m1/s1. The number of halogens is 1. The first-order valence-corrected chi connectivity index (χ1v) is 8.00. The minimum Gasteiger partial charge on any atom is -0.492 e. The normalized spacial score (nSPS) is 13.4. The molecular weight excluding hydrogens is 306 g/mol. The molecule has 0 aromatic heterocycles. The van der Waals surface area contributed by atoms with Crippen LogP contribution in [0.5, 0.6) is 5.75 Å². The molecule has 0 aliphatic carbocycles. The fourth-order valence-electron chi connectivity index (χ4n) is 1.31. The highest BCUT2D eigenvalue weighted by Crippen LogP contribution is 2.27. The highest BCUT2D eigenvalue weighted by molar-refractivity contribution is 9.10. The van der Waals surface area contributed by atoms with Crippen LogP contribution in [-0.2, 0) is 9.84 Å². The minimum absolute atomic E-state index is 0.00208. The second kappa shape index (κ2) is 5.84. The van der Waals surface area contributed by atoms with E-state index in [1.54, 1.807) is 6.07 Å². The van der Waals surface area contributed by atoms with E-state index in [-0.39, 0.29) is 18.4 Å². The van der Waals surface area contributed by atoms with Gasteiger partial charge in [-0.25, -0.2) is 8.42 Å². The SMILES string of the molecule is C[C@@H](N)c1ccc(Br)cc1OCCS(C)(=O)=O.